The lowest BCUT2D eigenvalue weighted by Gasteiger charge is -2.08. The molecule has 0 fully saturated rings. The summed E-state index contributed by atoms with van der Waals surface area (Å²) in [4.78, 5) is 10.5. The van der Waals surface area contributed by atoms with Crippen molar-refractivity contribution in [2.75, 3.05) is 20.3 Å². The van der Waals surface area contributed by atoms with Crippen molar-refractivity contribution < 1.29 is 9.47 Å². The third kappa shape index (κ3) is 3.62. The topological polar surface area (TPSA) is 47.9 Å². The first-order chi connectivity index (χ1) is 7.81. The Kier molecular flexibility index (Phi) is 5.50. The lowest BCUT2D eigenvalue weighted by Crippen LogP contribution is -2.04. The highest BCUT2D eigenvalue weighted by Crippen LogP contribution is 2.22. The molecule has 16 heavy (non-hydrogen) atoms. The van der Waals surface area contributed by atoms with Crippen LogP contribution < -0.4 is 4.74 Å². The first-order valence-electron chi connectivity index (χ1n) is 5.36. The van der Waals surface area contributed by atoms with Gasteiger partial charge >= 0.3 is 0 Å². The molecular weight excluding hydrogens is 206 g/mol. The van der Waals surface area contributed by atoms with E-state index in [0.29, 0.717) is 19.6 Å². The molecule has 0 radical (unpaired) electrons. The second-order valence-corrected chi connectivity index (χ2v) is 3.44. The fourth-order valence-corrected chi connectivity index (χ4v) is 1.40. The third-order valence-corrected chi connectivity index (χ3v) is 2.33. The standard InChI is InChI=1S/C12H17NO3/c1-3-12(13-14)10-4-6-11(7-5-10)16-9-8-15-2/h4-7,12H,3,8-9H2,1-2H3. The van der Waals surface area contributed by atoms with E-state index in [0.717, 1.165) is 11.3 Å². The number of nitrogens with zero attached hydrogens (tertiary/aromatic N) is 1. The summed E-state index contributed by atoms with van der Waals surface area (Å²) in [5.74, 6) is 0.779. The van der Waals surface area contributed by atoms with Crippen molar-refractivity contribution in [1.82, 2.24) is 0 Å². The first kappa shape index (κ1) is 12.6. The van der Waals surface area contributed by atoms with Gasteiger partial charge in [0.15, 0.2) is 0 Å². The zero-order chi connectivity index (χ0) is 11.8. The van der Waals surface area contributed by atoms with Gasteiger partial charge in [-0.15, -0.1) is 0 Å². The summed E-state index contributed by atoms with van der Waals surface area (Å²) in [5, 5.41) is 3.07. The molecule has 0 aliphatic carbocycles. The molecule has 0 aliphatic rings. The van der Waals surface area contributed by atoms with Gasteiger partial charge < -0.3 is 9.47 Å². The maximum absolute atomic E-state index is 10.5. The van der Waals surface area contributed by atoms with Gasteiger partial charge in [0, 0.05) is 7.11 Å². The van der Waals surface area contributed by atoms with Crippen LogP contribution in [0.25, 0.3) is 0 Å². The lowest BCUT2D eigenvalue weighted by atomic mass is 10.1. The van der Waals surface area contributed by atoms with E-state index in [1.807, 2.05) is 31.2 Å². The molecule has 88 valence electrons. The van der Waals surface area contributed by atoms with Gasteiger partial charge in [0.25, 0.3) is 0 Å². The Morgan fingerprint density at radius 2 is 1.94 bits per heavy atom. The smallest absolute Gasteiger partial charge is 0.119 e. The van der Waals surface area contributed by atoms with Crippen molar-refractivity contribution in [2.45, 2.75) is 19.4 Å². The molecule has 1 unspecified atom stereocenters. The van der Waals surface area contributed by atoms with Crippen molar-refractivity contribution in [1.29, 1.82) is 0 Å². The predicted molar refractivity (Wildman–Crippen MR) is 62.6 cm³/mol. The molecule has 4 nitrogen and oxygen atoms in total. The Hall–Kier alpha value is -1.42. The van der Waals surface area contributed by atoms with E-state index in [4.69, 9.17) is 9.47 Å². The maximum Gasteiger partial charge on any atom is 0.119 e. The average molecular weight is 223 g/mol. The number of rotatable bonds is 7. The summed E-state index contributed by atoms with van der Waals surface area (Å²) < 4.78 is 10.3. The summed E-state index contributed by atoms with van der Waals surface area (Å²) in [6.07, 6.45) is 0.716. The van der Waals surface area contributed by atoms with Gasteiger partial charge in [0.2, 0.25) is 0 Å². The molecule has 1 aromatic rings. The van der Waals surface area contributed by atoms with Gasteiger partial charge in [-0.25, -0.2) is 0 Å². The van der Waals surface area contributed by atoms with Crippen molar-refractivity contribution in [2.24, 2.45) is 5.18 Å². The molecule has 4 heteroatoms. The largest absolute Gasteiger partial charge is 0.491 e. The summed E-state index contributed by atoms with van der Waals surface area (Å²) in [6.45, 7) is 3.03. The normalized spacial score (nSPS) is 12.1. The van der Waals surface area contributed by atoms with Crippen LogP contribution in [0.5, 0.6) is 5.75 Å². The second-order valence-electron chi connectivity index (χ2n) is 3.44. The van der Waals surface area contributed by atoms with Gasteiger partial charge in [-0.05, 0) is 24.1 Å². The Morgan fingerprint density at radius 1 is 1.25 bits per heavy atom. The number of methoxy groups -OCH3 is 1. The highest BCUT2D eigenvalue weighted by molar-refractivity contribution is 5.29. The molecule has 1 atom stereocenters. The van der Waals surface area contributed by atoms with Crippen molar-refractivity contribution in [3.63, 3.8) is 0 Å². The number of hydrogen-bond donors (Lipinski definition) is 0. The molecule has 0 saturated carbocycles. The van der Waals surface area contributed by atoms with Gasteiger partial charge in [-0.2, -0.15) is 4.91 Å². The molecule has 0 bridgehead atoms. The summed E-state index contributed by atoms with van der Waals surface area (Å²) in [6, 6.07) is 7.18. The van der Waals surface area contributed by atoms with E-state index < -0.39 is 0 Å². The fourth-order valence-electron chi connectivity index (χ4n) is 1.40. The highest BCUT2D eigenvalue weighted by atomic mass is 16.5. The van der Waals surface area contributed by atoms with Crippen LogP contribution in [0, 0.1) is 4.91 Å². The monoisotopic (exact) mass is 223 g/mol. The van der Waals surface area contributed by atoms with Crippen LogP contribution in [-0.2, 0) is 4.74 Å². The van der Waals surface area contributed by atoms with E-state index in [-0.39, 0.29) is 6.04 Å². The second kappa shape index (κ2) is 6.95. The lowest BCUT2D eigenvalue weighted by molar-refractivity contribution is 0.146. The maximum atomic E-state index is 10.5. The van der Waals surface area contributed by atoms with Crippen LogP contribution in [0.2, 0.25) is 0 Å². The molecule has 0 spiro atoms. The zero-order valence-electron chi connectivity index (χ0n) is 9.68. The molecule has 0 aromatic heterocycles. The van der Waals surface area contributed by atoms with Gasteiger partial charge in [-0.3, -0.25) is 0 Å². The van der Waals surface area contributed by atoms with Crippen LogP contribution in [-0.4, -0.2) is 20.3 Å². The van der Waals surface area contributed by atoms with Crippen LogP contribution in [0.1, 0.15) is 24.9 Å². The summed E-state index contributed by atoms with van der Waals surface area (Å²) in [7, 11) is 1.63. The van der Waals surface area contributed by atoms with E-state index in [1.165, 1.54) is 0 Å². The van der Waals surface area contributed by atoms with Crippen LogP contribution >= 0.6 is 0 Å². The molecule has 0 aliphatic heterocycles. The molecular formula is C12H17NO3. The number of ether oxygens (including phenoxy) is 2. The Morgan fingerprint density at radius 3 is 2.44 bits per heavy atom. The minimum Gasteiger partial charge on any atom is -0.491 e. The molecule has 0 heterocycles. The Balaban J connectivity index is 2.56. The summed E-state index contributed by atoms with van der Waals surface area (Å²) in [5.41, 5.74) is 0.927. The quantitative estimate of drug-likeness (QED) is 0.527. The average Bonchev–Trinajstić information content (AvgIpc) is 2.33. The van der Waals surface area contributed by atoms with Crippen LogP contribution in [0.4, 0.5) is 0 Å². The van der Waals surface area contributed by atoms with Crippen molar-refractivity contribution in [3.8, 4) is 5.75 Å². The molecule has 0 saturated heterocycles. The summed E-state index contributed by atoms with van der Waals surface area (Å²) >= 11 is 0. The van der Waals surface area contributed by atoms with Crippen molar-refractivity contribution >= 4 is 0 Å². The van der Waals surface area contributed by atoms with E-state index in [9.17, 15) is 4.91 Å². The molecule has 0 N–H and O–H groups in total. The minimum absolute atomic E-state index is 0.256. The zero-order valence-corrected chi connectivity index (χ0v) is 9.68. The Labute approximate surface area is 95.5 Å². The first-order valence-corrected chi connectivity index (χ1v) is 5.36. The van der Waals surface area contributed by atoms with Crippen LogP contribution in [0.3, 0.4) is 0 Å². The Bertz CT molecular complexity index is 311. The minimum atomic E-state index is -0.256. The fraction of sp³-hybridized carbons (Fsp3) is 0.500. The highest BCUT2D eigenvalue weighted by Gasteiger charge is 2.08. The SMILES string of the molecule is CCC(N=O)c1ccc(OCCOC)cc1. The van der Waals surface area contributed by atoms with E-state index in [1.54, 1.807) is 7.11 Å². The number of benzene rings is 1. The van der Waals surface area contributed by atoms with E-state index >= 15 is 0 Å². The number of hydrogen-bond acceptors (Lipinski definition) is 4. The molecule has 1 aromatic carbocycles. The number of nitroso groups, excluding NO2 is 1. The molecule has 0 amide bonds. The van der Waals surface area contributed by atoms with E-state index in [2.05, 4.69) is 5.18 Å². The van der Waals surface area contributed by atoms with Gasteiger partial charge in [-0.1, -0.05) is 24.2 Å². The third-order valence-electron chi connectivity index (χ3n) is 2.33. The molecule has 1 rings (SSSR count). The van der Waals surface area contributed by atoms with Gasteiger partial charge in [0.1, 0.15) is 18.4 Å². The van der Waals surface area contributed by atoms with Crippen molar-refractivity contribution in [3.05, 3.63) is 34.7 Å². The van der Waals surface area contributed by atoms with Crippen LogP contribution in [0.15, 0.2) is 29.4 Å². The van der Waals surface area contributed by atoms with Gasteiger partial charge in [0.05, 0.1) is 6.61 Å². The predicted octanol–water partition coefficient (Wildman–Crippen LogP) is 2.93.